The third kappa shape index (κ3) is 3.45. The van der Waals surface area contributed by atoms with Gasteiger partial charge in [-0.05, 0) is 24.1 Å². The Morgan fingerprint density at radius 1 is 1.12 bits per heavy atom. The van der Waals surface area contributed by atoms with Gasteiger partial charge < -0.3 is 10.2 Å². The van der Waals surface area contributed by atoms with Crippen LogP contribution >= 0.6 is 0 Å². The van der Waals surface area contributed by atoms with Crippen molar-refractivity contribution in [2.45, 2.75) is 32.2 Å². The standard InChI is InChI=1S/C17H20N4O3/c1-20-15(22)9-8-14(19-20)17(24)18-11-12-4-6-13(7-5-12)21-10-2-3-16(21)23/h4-7H,2-3,8-11H2,1H3,(H,18,24). The van der Waals surface area contributed by atoms with E-state index in [4.69, 9.17) is 0 Å². The first kappa shape index (κ1) is 16.2. The SMILES string of the molecule is CN1N=C(C(=O)NCc2ccc(N3CCCC3=O)cc2)CCC1=O. The van der Waals surface area contributed by atoms with E-state index in [1.54, 1.807) is 11.9 Å². The summed E-state index contributed by atoms with van der Waals surface area (Å²) in [6, 6.07) is 7.60. The summed E-state index contributed by atoms with van der Waals surface area (Å²) in [5, 5.41) is 8.02. The largest absolute Gasteiger partial charge is 0.347 e. The van der Waals surface area contributed by atoms with E-state index < -0.39 is 0 Å². The lowest BCUT2D eigenvalue weighted by atomic mass is 10.1. The van der Waals surface area contributed by atoms with Crippen molar-refractivity contribution in [1.29, 1.82) is 0 Å². The summed E-state index contributed by atoms with van der Waals surface area (Å²) >= 11 is 0. The monoisotopic (exact) mass is 328 g/mol. The van der Waals surface area contributed by atoms with Gasteiger partial charge in [-0.1, -0.05) is 12.1 Å². The molecule has 0 atom stereocenters. The van der Waals surface area contributed by atoms with E-state index in [1.807, 2.05) is 24.3 Å². The average molecular weight is 328 g/mol. The van der Waals surface area contributed by atoms with Crippen LogP contribution in [0.25, 0.3) is 0 Å². The van der Waals surface area contributed by atoms with Gasteiger partial charge in [0.2, 0.25) is 11.8 Å². The molecule has 7 nitrogen and oxygen atoms in total. The van der Waals surface area contributed by atoms with E-state index in [0.717, 1.165) is 24.2 Å². The molecule has 7 heteroatoms. The van der Waals surface area contributed by atoms with E-state index in [1.165, 1.54) is 5.01 Å². The van der Waals surface area contributed by atoms with Crippen LogP contribution in [0.1, 0.15) is 31.2 Å². The second-order valence-corrected chi connectivity index (χ2v) is 5.96. The zero-order chi connectivity index (χ0) is 17.1. The van der Waals surface area contributed by atoms with E-state index in [2.05, 4.69) is 10.4 Å². The summed E-state index contributed by atoms with van der Waals surface area (Å²) < 4.78 is 0. The van der Waals surface area contributed by atoms with Gasteiger partial charge in [0, 0.05) is 45.1 Å². The van der Waals surface area contributed by atoms with Crippen LogP contribution in [0.5, 0.6) is 0 Å². The molecule has 2 aliphatic heterocycles. The first-order chi connectivity index (χ1) is 11.5. The Labute approximate surface area is 140 Å². The molecule has 0 radical (unpaired) electrons. The molecule has 1 saturated heterocycles. The second-order valence-electron chi connectivity index (χ2n) is 5.96. The van der Waals surface area contributed by atoms with Crippen LogP contribution in [0.4, 0.5) is 5.69 Å². The van der Waals surface area contributed by atoms with Crippen molar-refractivity contribution in [2.75, 3.05) is 18.5 Å². The number of amides is 3. The number of hydrogen-bond donors (Lipinski definition) is 1. The Bertz CT molecular complexity index is 696. The van der Waals surface area contributed by atoms with Crippen molar-refractivity contribution < 1.29 is 14.4 Å². The van der Waals surface area contributed by atoms with Crippen LogP contribution in [0.2, 0.25) is 0 Å². The Balaban J connectivity index is 1.57. The molecule has 3 amide bonds. The molecule has 1 aromatic rings. The highest BCUT2D eigenvalue weighted by molar-refractivity contribution is 6.39. The summed E-state index contributed by atoms with van der Waals surface area (Å²) in [5.74, 6) is -0.184. The molecule has 2 heterocycles. The molecule has 1 N–H and O–H groups in total. The Morgan fingerprint density at radius 2 is 1.88 bits per heavy atom. The molecule has 0 spiro atoms. The lowest BCUT2D eigenvalue weighted by molar-refractivity contribution is -0.130. The number of benzene rings is 1. The first-order valence-electron chi connectivity index (χ1n) is 8.06. The van der Waals surface area contributed by atoms with Gasteiger partial charge in [-0.15, -0.1) is 0 Å². The molecule has 0 bridgehead atoms. The van der Waals surface area contributed by atoms with Crippen LogP contribution in [-0.2, 0) is 20.9 Å². The van der Waals surface area contributed by atoms with Crippen LogP contribution in [-0.4, -0.2) is 42.0 Å². The highest BCUT2D eigenvalue weighted by Gasteiger charge is 2.22. The van der Waals surface area contributed by atoms with Crippen LogP contribution in [0.3, 0.4) is 0 Å². The minimum atomic E-state index is -0.256. The fourth-order valence-corrected chi connectivity index (χ4v) is 2.83. The summed E-state index contributed by atoms with van der Waals surface area (Å²) in [7, 11) is 1.55. The Kier molecular flexibility index (Phi) is 4.59. The molecule has 0 aliphatic carbocycles. The number of hydrazone groups is 1. The van der Waals surface area contributed by atoms with Crippen molar-refractivity contribution in [2.24, 2.45) is 5.10 Å². The average Bonchev–Trinajstić information content (AvgIpc) is 3.01. The third-order valence-corrected chi connectivity index (χ3v) is 4.24. The van der Waals surface area contributed by atoms with Gasteiger partial charge in [0.15, 0.2) is 0 Å². The molecule has 2 aliphatic rings. The maximum absolute atomic E-state index is 12.1. The summed E-state index contributed by atoms with van der Waals surface area (Å²) in [6.45, 7) is 1.14. The van der Waals surface area contributed by atoms with Gasteiger partial charge in [-0.25, -0.2) is 5.01 Å². The van der Waals surface area contributed by atoms with Crippen LogP contribution in [0.15, 0.2) is 29.4 Å². The van der Waals surface area contributed by atoms with E-state index in [9.17, 15) is 14.4 Å². The van der Waals surface area contributed by atoms with Gasteiger partial charge in [0.25, 0.3) is 5.91 Å². The van der Waals surface area contributed by atoms with Crippen LogP contribution < -0.4 is 10.2 Å². The first-order valence-corrected chi connectivity index (χ1v) is 8.06. The highest BCUT2D eigenvalue weighted by Crippen LogP contribution is 2.21. The quantitative estimate of drug-likeness (QED) is 0.896. The van der Waals surface area contributed by atoms with Crippen molar-refractivity contribution >= 4 is 29.1 Å². The summed E-state index contributed by atoms with van der Waals surface area (Å²) in [6.07, 6.45) is 2.18. The van der Waals surface area contributed by atoms with Gasteiger partial charge in [-0.2, -0.15) is 5.10 Å². The predicted molar refractivity (Wildman–Crippen MR) is 89.3 cm³/mol. The molecule has 3 rings (SSSR count). The molecule has 1 aromatic carbocycles. The number of hydrogen-bond acceptors (Lipinski definition) is 4. The van der Waals surface area contributed by atoms with Crippen molar-refractivity contribution in [1.82, 2.24) is 10.3 Å². The molecule has 0 aromatic heterocycles. The van der Waals surface area contributed by atoms with E-state index in [0.29, 0.717) is 31.5 Å². The van der Waals surface area contributed by atoms with Crippen molar-refractivity contribution in [3.63, 3.8) is 0 Å². The van der Waals surface area contributed by atoms with E-state index in [-0.39, 0.29) is 17.7 Å². The maximum Gasteiger partial charge on any atom is 0.267 e. The lowest BCUT2D eigenvalue weighted by Crippen LogP contribution is -2.37. The maximum atomic E-state index is 12.1. The molecule has 0 unspecified atom stereocenters. The number of nitrogens with one attached hydrogen (secondary N) is 1. The molecule has 126 valence electrons. The molecular weight excluding hydrogens is 308 g/mol. The Morgan fingerprint density at radius 3 is 2.50 bits per heavy atom. The van der Waals surface area contributed by atoms with Gasteiger partial charge in [-0.3, -0.25) is 14.4 Å². The topological polar surface area (TPSA) is 82.1 Å². The fourth-order valence-electron chi connectivity index (χ4n) is 2.83. The minimum absolute atomic E-state index is 0.0846. The normalized spacial score (nSPS) is 18.0. The highest BCUT2D eigenvalue weighted by atomic mass is 16.2. The smallest absolute Gasteiger partial charge is 0.267 e. The fraction of sp³-hybridized carbons (Fsp3) is 0.412. The van der Waals surface area contributed by atoms with Gasteiger partial charge in [0.1, 0.15) is 5.71 Å². The number of carbonyl (C=O) groups excluding carboxylic acids is 3. The van der Waals surface area contributed by atoms with Crippen LogP contribution in [0, 0.1) is 0 Å². The molecular formula is C17H20N4O3. The summed E-state index contributed by atoms with van der Waals surface area (Å²) in [5.41, 5.74) is 2.21. The van der Waals surface area contributed by atoms with Crippen molar-refractivity contribution in [3.8, 4) is 0 Å². The van der Waals surface area contributed by atoms with Gasteiger partial charge in [0.05, 0.1) is 0 Å². The zero-order valence-electron chi connectivity index (χ0n) is 13.6. The molecule has 0 saturated carbocycles. The lowest BCUT2D eigenvalue weighted by Gasteiger charge is -2.19. The van der Waals surface area contributed by atoms with Crippen molar-refractivity contribution in [3.05, 3.63) is 29.8 Å². The number of anilines is 1. The van der Waals surface area contributed by atoms with Gasteiger partial charge >= 0.3 is 0 Å². The Hall–Kier alpha value is -2.70. The minimum Gasteiger partial charge on any atom is -0.347 e. The molecule has 1 fully saturated rings. The zero-order valence-corrected chi connectivity index (χ0v) is 13.6. The second kappa shape index (κ2) is 6.82. The third-order valence-electron chi connectivity index (χ3n) is 4.24. The number of carbonyl (C=O) groups is 3. The van der Waals surface area contributed by atoms with E-state index >= 15 is 0 Å². The number of nitrogens with zero attached hydrogens (tertiary/aromatic N) is 3. The number of rotatable bonds is 4. The summed E-state index contributed by atoms with van der Waals surface area (Å²) in [4.78, 5) is 37.0. The molecule has 24 heavy (non-hydrogen) atoms. The predicted octanol–water partition coefficient (Wildman–Crippen LogP) is 1.04.